The van der Waals surface area contributed by atoms with Crippen LogP contribution in [0, 0.1) is 23.7 Å². The highest BCUT2D eigenvalue weighted by atomic mass is 17.3. The van der Waals surface area contributed by atoms with Gasteiger partial charge in [0.1, 0.15) is 0 Å². The second-order valence-electron chi connectivity index (χ2n) is 9.56. The summed E-state index contributed by atoms with van der Waals surface area (Å²) < 4.78 is 13.0. The van der Waals surface area contributed by atoms with E-state index in [1.54, 1.807) is 0 Å². The van der Waals surface area contributed by atoms with Crippen molar-refractivity contribution < 1.29 is 19.2 Å². The quantitative estimate of drug-likeness (QED) is 0.791. The number of benzene rings is 1. The van der Waals surface area contributed by atoms with Crippen molar-refractivity contribution in [1.82, 2.24) is 5.32 Å². The molecule has 1 N–H and O–H groups in total. The van der Waals surface area contributed by atoms with Crippen LogP contribution in [0.25, 0.3) is 0 Å². The number of nitrogens with one attached hydrogen (secondary N) is 1. The van der Waals surface area contributed by atoms with Crippen LogP contribution >= 0.6 is 0 Å². The fraction of sp³-hybridized carbons (Fsp3) is 0.739. The Morgan fingerprint density at radius 3 is 2.68 bits per heavy atom. The van der Waals surface area contributed by atoms with Crippen molar-refractivity contribution in [3.63, 3.8) is 0 Å². The minimum Gasteiger partial charge on any atom is -0.345 e. The van der Waals surface area contributed by atoms with E-state index in [9.17, 15) is 0 Å². The molecule has 5 aliphatic rings. The predicted octanol–water partition coefficient (Wildman–Crippen LogP) is 4.03. The van der Waals surface area contributed by atoms with E-state index >= 15 is 0 Å². The van der Waals surface area contributed by atoms with Crippen LogP contribution in [0.15, 0.2) is 30.3 Å². The molecule has 0 aromatic heterocycles. The average Bonchev–Trinajstić information content (AvgIpc) is 2.92. The van der Waals surface area contributed by atoms with Crippen LogP contribution in [0.5, 0.6) is 0 Å². The van der Waals surface area contributed by atoms with Gasteiger partial charge in [0.2, 0.25) is 5.79 Å². The summed E-state index contributed by atoms with van der Waals surface area (Å²) in [5.41, 5.74) is 0.839. The first kappa shape index (κ1) is 19.0. The molecule has 1 aliphatic carbocycles. The van der Waals surface area contributed by atoms with Gasteiger partial charge < -0.3 is 14.8 Å². The van der Waals surface area contributed by atoms with E-state index in [2.05, 4.69) is 49.5 Å². The van der Waals surface area contributed by atoms with Gasteiger partial charge in [-0.15, -0.1) is 0 Å². The van der Waals surface area contributed by atoms with Gasteiger partial charge in [-0.05, 0) is 49.5 Å². The van der Waals surface area contributed by atoms with Crippen LogP contribution in [0.2, 0.25) is 0 Å². The minimum absolute atomic E-state index is 0.116. The number of ether oxygens (including phenoxy) is 2. The summed E-state index contributed by atoms with van der Waals surface area (Å²) in [7, 11) is 0. The zero-order valence-electron chi connectivity index (χ0n) is 17.2. The van der Waals surface area contributed by atoms with Crippen molar-refractivity contribution in [2.75, 3.05) is 6.54 Å². The SMILES string of the molecule is C[C@H]1[C@@H](CNCc2ccccc2)O[C@@H]2O[C@@]3(C)CC[C@H]4[C@H](C)CC[C@@H]1[C@@]24OO3. The lowest BCUT2D eigenvalue weighted by Gasteiger charge is -2.60. The number of rotatable bonds is 4. The lowest BCUT2D eigenvalue weighted by molar-refractivity contribution is -0.570. The summed E-state index contributed by atoms with van der Waals surface area (Å²) in [6.45, 7) is 8.34. The van der Waals surface area contributed by atoms with Gasteiger partial charge in [0.15, 0.2) is 11.9 Å². The molecular weight excluding hydrogens is 354 g/mol. The largest absolute Gasteiger partial charge is 0.345 e. The normalized spacial score (nSPS) is 47.4. The van der Waals surface area contributed by atoms with Crippen LogP contribution in [-0.4, -0.2) is 30.3 Å². The van der Waals surface area contributed by atoms with E-state index in [1.165, 1.54) is 12.0 Å². The van der Waals surface area contributed by atoms with Gasteiger partial charge in [0.05, 0.1) is 6.10 Å². The molecule has 6 rings (SSSR count). The van der Waals surface area contributed by atoms with Gasteiger partial charge in [-0.25, -0.2) is 9.78 Å². The maximum Gasteiger partial charge on any atom is 0.201 e. The molecule has 8 atom stereocenters. The molecule has 1 saturated carbocycles. The van der Waals surface area contributed by atoms with Crippen molar-refractivity contribution in [3.05, 3.63) is 35.9 Å². The van der Waals surface area contributed by atoms with Crippen LogP contribution < -0.4 is 5.32 Å². The van der Waals surface area contributed by atoms with Gasteiger partial charge in [-0.3, -0.25) is 0 Å². The summed E-state index contributed by atoms with van der Waals surface area (Å²) >= 11 is 0. The van der Waals surface area contributed by atoms with Gasteiger partial charge in [0.25, 0.3) is 0 Å². The zero-order valence-corrected chi connectivity index (χ0v) is 17.2. The van der Waals surface area contributed by atoms with Crippen molar-refractivity contribution in [1.29, 1.82) is 0 Å². The summed E-state index contributed by atoms with van der Waals surface area (Å²) in [6.07, 6.45) is 4.12. The number of hydrogen-bond donors (Lipinski definition) is 1. The summed E-state index contributed by atoms with van der Waals surface area (Å²) in [5, 5.41) is 3.59. The maximum atomic E-state index is 6.61. The molecule has 5 nitrogen and oxygen atoms in total. The van der Waals surface area contributed by atoms with E-state index in [4.69, 9.17) is 19.2 Å². The van der Waals surface area contributed by atoms with E-state index in [0.717, 1.165) is 32.4 Å². The summed E-state index contributed by atoms with van der Waals surface area (Å²) in [4.78, 5) is 12.1. The van der Waals surface area contributed by atoms with Crippen molar-refractivity contribution in [3.8, 4) is 0 Å². The summed E-state index contributed by atoms with van der Waals surface area (Å²) in [6, 6.07) is 10.5. The molecule has 1 aromatic rings. The summed E-state index contributed by atoms with van der Waals surface area (Å²) in [5.74, 6) is 1.14. The van der Waals surface area contributed by atoms with Crippen LogP contribution in [0.1, 0.15) is 52.0 Å². The van der Waals surface area contributed by atoms with Crippen LogP contribution in [0.4, 0.5) is 0 Å². The highest BCUT2D eigenvalue weighted by Gasteiger charge is 2.69. The average molecular weight is 388 g/mol. The third-order valence-corrected chi connectivity index (χ3v) is 7.81. The molecule has 4 aliphatic heterocycles. The lowest BCUT2D eigenvalue weighted by atomic mass is 9.57. The third-order valence-electron chi connectivity index (χ3n) is 7.81. The first-order valence-corrected chi connectivity index (χ1v) is 11.0. The molecule has 1 spiro atoms. The van der Waals surface area contributed by atoms with E-state index in [1.807, 2.05) is 6.92 Å². The topological polar surface area (TPSA) is 49.0 Å². The standard InChI is InChI=1S/C23H33NO4/c1-15-9-10-19-16(2)20(14-24-13-17-7-5-4-6-8-17)25-21-23(19)18(15)11-12-22(3,26-21)27-28-23/h4-8,15-16,18-21,24H,9-14H2,1-3H3/t15-,16-,18+,19+,20-,21-,22-,23-/m1/s1. The minimum atomic E-state index is -0.694. The molecule has 5 heteroatoms. The maximum absolute atomic E-state index is 6.61. The Hall–Kier alpha value is -0.980. The molecule has 4 saturated heterocycles. The molecule has 0 radical (unpaired) electrons. The van der Waals surface area contributed by atoms with Gasteiger partial charge in [-0.1, -0.05) is 44.2 Å². The predicted molar refractivity (Wildman–Crippen MR) is 105 cm³/mol. The third kappa shape index (κ3) is 2.94. The van der Waals surface area contributed by atoms with Crippen LogP contribution in [-0.2, 0) is 25.8 Å². The fourth-order valence-electron chi connectivity index (χ4n) is 6.17. The van der Waals surface area contributed by atoms with E-state index in [0.29, 0.717) is 23.7 Å². The molecule has 4 heterocycles. The fourth-order valence-corrected chi connectivity index (χ4v) is 6.17. The number of fused-ring (bicyclic) bond motifs is 2. The molecule has 0 amide bonds. The first-order valence-electron chi connectivity index (χ1n) is 11.0. The second-order valence-corrected chi connectivity index (χ2v) is 9.56. The monoisotopic (exact) mass is 387 g/mol. The molecule has 28 heavy (non-hydrogen) atoms. The van der Waals surface area contributed by atoms with Crippen molar-refractivity contribution in [2.45, 2.75) is 76.8 Å². The smallest absolute Gasteiger partial charge is 0.201 e. The first-order chi connectivity index (χ1) is 13.5. The van der Waals surface area contributed by atoms with Crippen molar-refractivity contribution >= 4 is 0 Å². The molecule has 1 aromatic carbocycles. The molecular formula is C23H33NO4. The Bertz CT molecular complexity index is 699. The molecule has 5 fully saturated rings. The van der Waals surface area contributed by atoms with Crippen LogP contribution in [0.3, 0.4) is 0 Å². The highest BCUT2D eigenvalue weighted by molar-refractivity contribution is 5.14. The lowest BCUT2D eigenvalue weighted by Crippen LogP contribution is -2.71. The second kappa shape index (κ2) is 7.06. The van der Waals surface area contributed by atoms with E-state index < -0.39 is 11.4 Å². The molecule has 154 valence electrons. The van der Waals surface area contributed by atoms with Crippen molar-refractivity contribution in [2.24, 2.45) is 23.7 Å². The molecule has 2 bridgehead atoms. The Labute approximate surface area is 168 Å². The zero-order chi connectivity index (χ0) is 19.4. The van der Waals surface area contributed by atoms with Gasteiger partial charge in [0, 0.05) is 25.4 Å². The number of hydrogen-bond acceptors (Lipinski definition) is 5. The molecule has 0 unspecified atom stereocenters. The Balaban J connectivity index is 1.36. The highest BCUT2D eigenvalue weighted by Crippen LogP contribution is 2.60. The Kier molecular flexibility index (Phi) is 4.80. The van der Waals surface area contributed by atoms with Gasteiger partial charge >= 0.3 is 0 Å². The Morgan fingerprint density at radius 1 is 1.04 bits per heavy atom. The van der Waals surface area contributed by atoms with Gasteiger partial charge in [-0.2, -0.15) is 0 Å². The Morgan fingerprint density at radius 2 is 1.86 bits per heavy atom. The van der Waals surface area contributed by atoms with E-state index in [-0.39, 0.29) is 12.4 Å².